The lowest BCUT2D eigenvalue weighted by atomic mass is 9.83. The number of aliphatic hydroxyl groups is 1. The minimum Gasteiger partial charge on any atom is -0.379 e. The molecule has 4 amide bonds. The summed E-state index contributed by atoms with van der Waals surface area (Å²) >= 11 is 0. The fourth-order valence-corrected chi connectivity index (χ4v) is 11.7. The van der Waals surface area contributed by atoms with Gasteiger partial charge in [0.15, 0.2) is 0 Å². The molecule has 5 aliphatic rings. The topological polar surface area (TPSA) is 198 Å². The van der Waals surface area contributed by atoms with Crippen molar-refractivity contribution in [2.45, 2.75) is 133 Å². The number of carbonyl (C=O) groups is 4. The van der Waals surface area contributed by atoms with Crippen molar-refractivity contribution in [2.75, 3.05) is 85.1 Å². The molecule has 5 fully saturated rings. The number of aliphatic hydroxyl groups excluding tert-OH is 1. The van der Waals surface area contributed by atoms with E-state index in [2.05, 4.69) is 61.6 Å². The van der Waals surface area contributed by atoms with Gasteiger partial charge in [-0.25, -0.2) is 9.97 Å². The number of halogens is 3. The van der Waals surface area contributed by atoms with Gasteiger partial charge in [0.1, 0.15) is 24.4 Å². The molecule has 21 heteroatoms. The molecule has 6 heterocycles. The Labute approximate surface area is 426 Å². The van der Waals surface area contributed by atoms with E-state index in [1.165, 1.54) is 12.4 Å². The molecule has 4 N–H and O–H groups in total. The molecule has 0 bridgehead atoms. The monoisotopic (exact) mass is 1020 g/mol. The summed E-state index contributed by atoms with van der Waals surface area (Å²) in [4.78, 5) is 77.3. The summed E-state index contributed by atoms with van der Waals surface area (Å²) in [5.74, 6) is -0.595. The number of hydrogen-bond donors (Lipinski definition) is 4. The Morgan fingerprint density at radius 1 is 0.904 bits per heavy atom. The number of piperidine rings is 2. The first-order chi connectivity index (χ1) is 35.1. The van der Waals surface area contributed by atoms with Crippen LogP contribution >= 0.6 is 0 Å². The van der Waals surface area contributed by atoms with Crippen LogP contribution in [0.4, 0.5) is 19.0 Å². The predicted molar refractivity (Wildman–Crippen MR) is 267 cm³/mol. The average molecular weight is 1020 g/mol. The van der Waals surface area contributed by atoms with Crippen LogP contribution in [0.2, 0.25) is 0 Å². The Balaban J connectivity index is 0.732. The standard InChI is InChI=1S/C52H74F3N11O7/c1-33(2)62(3)38-8-10-44(66-23-15-42(51(66)71)60-48-39-28-36(52(53,54)55)7-9-41(39)58-32-59-48)43(29-38)61-49(69)34-11-19-64(20-12-34)37-13-21-65(22-14-37)45(67)16-24-72-26-27-73-25-18-57-50(70)40-30-46(68)63(4)47(40)35-6-5-17-56-31-35/h5-7,9,17,28,31-34,37-38,40,42-44,46-47,68H,8,10-16,18-27,29-30H2,1-4H3,(H,57,70)(H,61,69)(H,58,59,60)/t38-,40+,42+,43-,44+,46?,47-/m1/s1. The zero-order valence-corrected chi connectivity index (χ0v) is 42.6. The van der Waals surface area contributed by atoms with Crippen molar-refractivity contribution in [3.8, 4) is 0 Å². The quantitative estimate of drug-likeness (QED) is 0.126. The molecule has 4 saturated heterocycles. The average Bonchev–Trinajstić information content (AvgIpc) is 3.91. The summed E-state index contributed by atoms with van der Waals surface area (Å²) in [5.41, 5.74) is 0.410. The Morgan fingerprint density at radius 3 is 2.37 bits per heavy atom. The van der Waals surface area contributed by atoms with Crippen LogP contribution in [0, 0.1) is 11.8 Å². The number of rotatable bonds is 19. The highest BCUT2D eigenvalue weighted by atomic mass is 19.4. The van der Waals surface area contributed by atoms with Gasteiger partial charge in [-0.1, -0.05) is 6.07 Å². The number of aromatic nitrogens is 3. The van der Waals surface area contributed by atoms with E-state index in [1.54, 1.807) is 24.3 Å². The lowest BCUT2D eigenvalue weighted by molar-refractivity contribution is -0.137. The number of benzene rings is 1. The minimum absolute atomic E-state index is 0.0141. The molecule has 7 atom stereocenters. The van der Waals surface area contributed by atoms with Gasteiger partial charge in [0.05, 0.1) is 68.0 Å². The number of nitrogens with zero attached hydrogens (tertiary/aromatic N) is 8. The third kappa shape index (κ3) is 13.3. The molecule has 0 radical (unpaired) electrons. The number of likely N-dealkylation sites (tertiary alicyclic amines) is 4. The highest BCUT2D eigenvalue weighted by Crippen LogP contribution is 2.39. The fourth-order valence-electron chi connectivity index (χ4n) is 11.7. The molecule has 1 saturated carbocycles. The molecule has 1 unspecified atom stereocenters. The van der Waals surface area contributed by atoms with Crippen LogP contribution in [0.15, 0.2) is 49.1 Å². The van der Waals surface area contributed by atoms with Crippen molar-refractivity contribution in [3.05, 3.63) is 60.2 Å². The van der Waals surface area contributed by atoms with Gasteiger partial charge in [0.25, 0.3) is 0 Å². The van der Waals surface area contributed by atoms with Gasteiger partial charge in [-0.15, -0.1) is 0 Å². The Hall–Kier alpha value is -5.06. The zero-order chi connectivity index (χ0) is 51.8. The van der Waals surface area contributed by atoms with Crippen molar-refractivity contribution in [3.63, 3.8) is 0 Å². The number of hydrogen-bond acceptors (Lipinski definition) is 14. The maximum Gasteiger partial charge on any atom is 0.416 e. The van der Waals surface area contributed by atoms with Crippen LogP contribution in [-0.2, 0) is 34.8 Å². The number of ether oxygens (including phenoxy) is 2. The summed E-state index contributed by atoms with van der Waals surface area (Å²) in [7, 11) is 3.91. The van der Waals surface area contributed by atoms with Crippen LogP contribution in [0.25, 0.3) is 10.9 Å². The molecule has 1 aromatic carbocycles. The van der Waals surface area contributed by atoms with E-state index in [9.17, 15) is 37.5 Å². The Bertz CT molecular complexity index is 2340. The number of alkyl halides is 3. The second kappa shape index (κ2) is 24.5. The van der Waals surface area contributed by atoms with Gasteiger partial charge >= 0.3 is 6.18 Å². The van der Waals surface area contributed by atoms with Gasteiger partial charge in [0.2, 0.25) is 23.6 Å². The second-order valence-electron chi connectivity index (χ2n) is 20.8. The van der Waals surface area contributed by atoms with Gasteiger partial charge in [-0.05, 0) is 122 Å². The zero-order valence-electron chi connectivity index (χ0n) is 42.6. The highest BCUT2D eigenvalue weighted by molar-refractivity contribution is 5.93. The lowest BCUT2D eigenvalue weighted by Crippen LogP contribution is -2.59. The van der Waals surface area contributed by atoms with Crippen LogP contribution in [0.5, 0.6) is 0 Å². The van der Waals surface area contributed by atoms with Gasteiger partial charge in [-0.3, -0.25) is 29.1 Å². The maximum atomic E-state index is 14.1. The second-order valence-corrected chi connectivity index (χ2v) is 20.8. The summed E-state index contributed by atoms with van der Waals surface area (Å²) in [5, 5.41) is 20.1. The predicted octanol–water partition coefficient (Wildman–Crippen LogP) is 4.06. The van der Waals surface area contributed by atoms with Crippen molar-refractivity contribution < 1.29 is 46.9 Å². The third-order valence-corrected chi connectivity index (χ3v) is 16.1. The minimum atomic E-state index is -4.54. The van der Waals surface area contributed by atoms with Crippen LogP contribution in [0.1, 0.15) is 95.2 Å². The normalized spacial score (nSPS) is 26.1. The largest absolute Gasteiger partial charge is 0.416 e. The first kappa shape index (κ1) is 54.2. The first-order valence-electron chi connectivity index (χ1n) is 26.2. The van der Waals surface area contributed by atoms with Crippen LogP contribution in [0.3, 0.4) is 0 Å². The number of fused-ring (bicyclic) bond motifs is 1. The van der Waals surface area contributed by atoms with Crippen molar-refractivity contribution in [2.24, 2.45) is 11.8 Å². The number of amides is 4. The van der Waals surface area contributed by atoms with E-state index < -0.39 is 29.9 Å². The van der Waals surface area contributed by atoms with E-state index >= 15 is 0 Å². The molecule has 1 aliphatic carbocycles. The fraction of sp³-hybridized carbons (Fsp3) is 0.673. The summed E-state index contributed by atoms with van der Waals surface area (Å²) in [6.45, 7) is 9.29. The summed E-state index contributed by atoms with van der Waals surface area (Å²) in [6.07, 6.45) is 5.96. The van der Waals surface area contributed by atoms with Crippen LogP contribution in [-0.4, -0.2) is 190 Å². The van der Waals surface area contributed by atoms with E-state index in [1.807, 2.05) is 21.9 Å². The van der Waals surface area contributed by atoms with E-state index in [0.717, 1.165) is 62.9 Å². The molecule has 0 spiro atoms. The lowest BCUT2D eigenvalue weighted by Gasteiger charge is -2.45. The summed E-state index contributed by atoms with van der Waals surface area (Å²) < 4.78 is 52.2. The Kier molecular flexibility index (Phi) is 18.2. The van der Waals surface area contributed by atoms with E-state index in [4.69, 9.17) is 9.47 Å². The number of carbonyl (C=O) groups excluding carboxylic acids is 4. The smallest absolute Gasteiger partial charge is 0.379 e. The number of nitrogens with one attached hydrogen (secondary N) is 3. The van der Waals surface area contributed by atoms with Gasteiger partial charge in [-0.2, -0.15) is 13.2 Å². The number of anilines is 1. The third-order valence-electron chi connectivity index (χ3n) is 16.1. The first-order valence-corrected chi connectivity index (χ1v) is 26.2. The number of pyridine rings is 1. The van der Waals surface area contributed by atoms with E-state index in [-0.39, 0.29) is 71.3 Å². The highest BCUT2D eigenvalue weighted by Gasteiger charge is 2.45. The molecule has 4 aliphatic heterocycles. The maximum absolute atomic E-state index is 14.1. The van der Waals surface area contributed by atoms with Crippen molar-refractivity contribution in [1.82, 2.24) is 50.1 Å². The molecule has 18 nitrogen and oxygen atoms in total. The molecular weight excluding hydrogens is 948 g/mol. The Morgan fingerprint density at radius 2 is 1.66 bits per heavy atom. The molecule has 8 rings (SSSR count). The molecule has 400 valence electrons. The van der Waals surface area contributed by atoms with Crippen molar-refractivity contribution >= 4 is 40.3 Å². The molecule has 2 aromatic heterocycles. The SMILES string of the molecule is CC(C)N(C)[C@@H]1CC[C@H](N2CC[C@H](Nc3ncnc4ccc(C(F)(F)F)cc34)C2=O)[C@H](NC(=O)C2CCN(C3CCN(C(=O)CCOCCOCCNC(=O)[C@H]4CC(O)N(C)[C@@H]4c4cccnc4)CC3)CC2)C1. The van der Waals surface area contributed by atoms with Gasteiger partial charge in [0, 0.05) is 74.4 Å². The summed E-state index contributed by atoms with van der Waals surface area (Å²) in [6, 6.07) is 6.49. The van der Waals surface area contributed by atoms with Crippen molar-refractivity contribution in [1.29, 1.82) is 0 Å². The molecular formula is C52H74F3N11O7. The van der Waals surface area contributed by atoms with Gasteiger partial charge < -0.3 is 50.1 Å². The van der Waals surface area contributed by atoms with E-state index in [0.29, 0.717) is 95.9 Å². The molecule has 3 aromatic rings. The molecule has 73 heavy (non-hydrogen) atoms. The van der Waals surface area contributed by atoms with Crippen LogP contribution < -0.4 is 16.0 Å².